The summed E-state index contributed by atoms with van der Waals surface area (Å²) in [4.78, 5) is 0. The maximum Gasteiger partial charge on any atom is 0.127 e. The van der Waals surface area contributed by atoms with Crippen LogP contribution in [0.15, 0.2) is 24.5 Å². The van der Waals surface area contributed by atoms with Gasteiger partial charge in [0.25, 0.3) is 0 Å². The molecule has 0 saturated heterocycles. The zero-order valence-corrected chi connectivity index (χ0v) is 5.15. The first-order valence-electron chi connectivity index (χ1n) is 2.66. The fraction of sp³-hybridized carbons (Fsp3) is 0. The number of pyridine rings is 1. The second-order valence-electron chi connectivity index (χ2n) is 1.69. The van der Waals surface area contributed by atoms with Crippen molar-refractivity contribution in [3.8, 4) is 0 Å². The van der Waals surface area contributed by atoms with Crippen LogP contribution in [0.25, 0.3) is 5.08 Å². The highest BCUT2D eigenvalue weighted by atomic mass is 15.6. The van der Waals surface area contributed by atoms with Gasteiger partial charge in [-0.2, -0.15) is 0 Å². The summed E-state index contributed by atoms with van der Waals surface area (Å²) in [5, 5.41) is 18.2. The molecule has 10 heavy (non-hydrogen) atoms. The van der Waals surface area contributed by atoms with E-state index >= 15 is 0 Å². The van der Waals surface area contributed by atoms with Crippen molar-refractivity contribution >= 4 is 0 Å². The summed E-state index contributed by atoms with van der Waals surface area (Å²) in [6.07, 6.45) is 3.14. The van der Waals surface area contributed by atoms with E-state index in [1.807, 2.05) is 0 Å². The molecule has 0 aromatic carbocycles. The molecular weight excluding hydrogens is 130 g/mol. The Bertz CT molecular complexity index is 286. The Morgan fingerprint density at radius 1 is 1.50 bits per heavy atom. The lowest BCUT2D eigenvalue weighted by Gasteiger charge is -1.86. The Kier molecular flexibility index (Phi) is 1.66. The summed E-state index contributed by atoms with van der Waals surface area (Å²) < 4.78 is 1.41. The summed E-state index contributed by atoms with van der Waals surface area (Å²) in [5.41, 5.74) is 2.25. The molecule has 0 fully saturated rings. The van der Waals surface area contributed by atoms with E-state index in [2.05, 4.69) is 10.6 Å². The third-order valence-electron chi connectivity index (χ3n) is 0.990. The van der Waals surface area contributed by atoms with Crippen molar-refractivity contribution in [2.45, 2.75) is 0 Å². The summed E-state index contributed by atoms with van der Waals surface area (Å²) in [7, 11) is 0. The molecule has 0 unspecified atom stereocenters. The smallest absolute Gasteiger partial charge is 0.127 e. The van der Waals surface area contributed by atoms with Crippen LogP contribution in [0.4, 0.5) is 0 Å². The molecule has 0 atom stereocenters. The third kappa shape index (κ3) is 1.32. The minimum Gasteiger partial charge on any atom is -0.301 e. The van der Waals surface area contributed by atoms with Gasteiger partial charge in [-0.1, -0.05) is 0 Å². The highest BCUT2D eigenvalue weighted by molar-refractivity contribution is 4.93. The largest absolute Gasteiger partial charge is 0.301 e. The van der Waals surface area contributed by atoms with Crippen molar-refractivity contribution in [3.63, 3.8) is 0 Å². The Hall–Kier alpha value is -1.83. The maximum atomic E-state index is 8.04. The van der Waals surface area contributed by atoms with Crippen molar-refractivity contribution in [2.75, 3.05) is 5.53 Å². The molecule has 1 aromatic heterocycles. The molecule has 1 aromatic rings. The van der Waals surface area contributed by atoms with Crippen LogP contribution >= 0.6 is 0 Å². The Morgan fingerprint density at radius 2 is 2.10 bits per heavy atom. The minimum absolute atomic E-state index is 0.413. The van der Waals surface area contributed by atoms with E-state index in [0.717, 1.165) is 0 Å². The first-order chi connectivity index (χ1) is 4.83. The molecule has 0 bridgehead atoms. The van der Waals surface area contributed by atoms with Crippen LogP contribution in [0, 0.1) is 10.8 Å². The Balaban J connectivity index is 2.92. The molecular formula is C5H6N5+. The first kappa shape index (κ1) is 6.29. The normalized spacial score (nSPS) is 8.30. The monoisotopic (exact) mass is 136 g/mol. The average Bonchev–Trinajstić information content (AvgIpc) is 1.95. The van der Waals surface area contributed by atoms with E-state index in [-0.39, 0.29) is 0 Å². The zero-order valence-electron chi connectivity index (χ0n) is 5.15. The van der Waals surface area contributed by atoms with E-state index in [0.29, 0.717) is 5.36 Å². The van der Waals surface area contributed by atoms with E-state index in [9.17, 15) is 0 Å². The predicted octanol–water partition coefficient (Wildman–Crippen LogP) is 0.279. The minimum atomic E-state index is 0.413. The van der Waals surface area contributed by atoms with Crippen LogP contribution in [0.5, 0.6) is 0 Å². The van der Waals surface area contributed by atoms with Gasteiger partial charge in [-0.25, -0.2) is 0 Å². The second-order valence-corrected chi connectivity index (χ2v) is 1.69. The molecule has 1 heterocycles. The quantitative estimate of drug-likeness (QED) is 0.430. The van der Waals surface area contributed by atoms with Crippen molar-refractivity contribution in [3.05, 3.63) is 35.0 Å². The number of diazo groups is 1. The van der Waals surface area contributed by atoms with Gasteiger partial charge in [-0.15, -0.1) is 4.68 Å². The van der Waals surface area contributed by atoms with Gasteiger partial charge in [0.05, 0.1) is 5.36 Å². The van der Waals surface area contributed by atoms with Crippen molar-refractivity contribution in [1.82, 2.24) is 4.68 Å². The second kappa shape index (κ2) is 2.64. The molecule has 0 radical (unpaired) electrons. The van der Waals surface area contributed by atoms with Crippen LogP contribution in [0.1, 0.15) is 0 Å². The van der Waals surface area contributed by atoms with Gasteiger partial charge < -0.3 is 5.41 Å². The van der Waals surface area contributed by atoms with Crippen molar-refractivity contribution < 1.29 is 0 Å². The first-order valence-corrected chi connectivity index (χ1v) is 2.66. The molecule has 5 nitrogen and oxygen atoms in total. The third-order valence-corrected chi connectivity index (χ3v) is 0.990. The molecule has 2 N–H and O–H groups in total. The average molecular weight is 136 g/mol. The molecule has 1 rings (SSSR count). The van der Waals surface area contributed by atoms with E-state index < -0.39 is 0 Å². The zero-order chi connectivity index (χ0) is 7.40. The molecule has 0 aliphatic heterocycles. The maximum absolute atomic E-state index is 8.04. The Labute approximate surface area is 57.0 Å². The topological polar surface area (TPSA) is 69.0 Å². The van der Waals surface area contributed by atoms with Crippen LogP contribution in [0.3, 0.4) is 0 Å². The van der Waals surface area contributed by atoms with Gasteiger partial charge in [0, 0.05) is 17.7 Å². The van der Waals surface area contributed by atoms with E-state index in [4.69, 9.17) is 10.8 Å². The SMILES string of the molecule is N#[N+]Nn1ccc(=N)cc1. The van der Waals surface area contributed by atoms with Gasteiger partial charge in [0.1, 0.15) is 22.9 Å². The highest BCUT2D eigenvalue weighted by Crippen LogP contribution is 1.76. The molecule has 0 spiro atoms. The lowest BCUT2D eigenvalue weighted by Crippen LogP contribution is -2.08. The number of hydrogen-bond donors (Lipinski definition) is 2. The molecule has 0 aliphatic rings. The fourth-order valence-electron chi connectivity index (χ4n) is 0.545. The summed E-state index contributed by atoms with van der Waals surface area (Å²) in [6, 6.07) is 3.14. The molecule has 50 valence electrons. The van der Waals surface area contributed by atoms with Crippen LogP contribution in [0.2, 0.25) is 0 Å². The van der Waals surface area contributed by atoms with Crippen LogP contribution in [-0.2, 0) is 0 Å². The van der Waals surface area contributed by atoms with Crippen LogP contribution in [-0.4, -0.2) is 4.68 Å². The van der Waals surface area contributed by atoms with Crippen molar-refractivity contribution in [2.24, 2.45) is 0 Å². The number of nitrogens with zero attached hydrogens (tertiary/aromatic N) is 3. The van der Waals surface area contributed by atoms with Crippen molar-refractivity contribution in [1.29, 1.82) is 10.8 Å². The standard InChI is InChI=1S/C5H6N5/c6-5-1-3-10(4-2-5)9-8-7/h1-4,6,9H/q+1. The lowest BCUT2D eigenvalue weighted by atomic mass is 10.5. The molecule has 5 heteroatoms. The van der Waals surface area contributed by atoms with Gasteiger partial charge >= 0.3 is 0 Å². The summed E-state index contributed by atoms with van der Waals surface area (Å²) in [5.74, 6) is 0. The van der Waals surface area contributed by atoms with Gasteiger partial charge in [0.15, 0.2) is 0 Å². The van der Waals surface area contributed by atoms with Gasteiger partial charge in [-0.3, -0.25) is 0 Å². The van der Waals surface area contributed by atoms with Gasteiger partial charge in [0.2, 0.25) is 0 Å². The lowest BCUT2D eigenvalue weighted by molar-refractivity contribution is 0.916. The van der Waals surface area contributed by atoms with Gasteiger partial charge in [-0.05, 0) is 0 Å². The number of hydrogen-bond acceptors (Lipinski definition) is 3. The molecule has 0 saturated carbocycles. The Morgan fingerprint density at radius 3 is 2.60 bits per heavy atom. The highest BCUT2D eigenvalue weighted by Gasteiger charge is 1.89. The number of rotatable bonds is 1. The van der Waals surface area contributed by atoms with E-state index in [1.165, 1.54) is 4.68 Å². The summed E-state index contributed by atoms with van der Waals surface area (Å²) in [6.45, 7) is 0. The van der Waals surface area contributed by atoms with Crippen LogP contribution < -0.4 is 10.9 Å². The van der Waals surface area contributed by atoms with E-state index in [1.54, 1.807) is 24.5 Å². The predicted molar refractivity (Wildman–Crippen MR) is 34.7 cm³/mol. The summed E-state index contributed by atoms with van der Waals surface area (Å²) >= 11 is 0. The number of nitrogens with one attached hydrogen (secondary N) is 2. The fourth-order valence-corrected chi connectivity index (χ4v) is 0.545. The molecule has 0 amide bonds. The number of aromatic nitrogens is 1. The molecule has 0 aliphatic carbocycles.